The maximum Gasteiger partial charge on any atom is 0.490 e. The van der Waals surface area contributed by atoms with E-state index in [1.54, 1.807) is 36.7 Å². The van der Waals surface area contributed by atoms with Crippen molar-refractivity contribution in [1.82, 2.24) is 15.3 Å². The fourth-order valence-electron chi connectivity index (χ4n) is 3.55. The Kier molecular flexibility index (Phi) is 8.06. The Balaban J connectivity index is 1.34. The molecule has 0 bridgehead atoms. The van der Waals surface area contributed by atoms with Gasteiger partial charge in [0.15, 0.2) is 5.17 Å². The molecule has 0 radical (unpaired) electrons. The molecule has 0 aliphatic carbocycles. The Morgan fingerprint density at radius 3 is 2.61 bits per heavy atom. The summed E-state index contributed by atoms with van der Waals surface area (Å²) in [6, 6.07) is 12.4. The van der Waals surface area contributed by atoms with Gasteiger partial charge < -0.3 is 15.4 Å². The Morgan fingerprint density at radius 2 is 1.88 bits per heavy atom. The number of alkyl halides is 3. The molecule has 15 heteroatoms. The van der Waals surface area contributed by atoms with Crippen molar-refractivity contribution >= 4 is 86.1 Å². The number of hydrogen-bond acceptors (Lipinski definition) is 9. The number of thiophene rings is 1. The molecule has 1 saturated heterocycles. The van der Waals surface area contributed by atoms with Gasteiger partial charge in [0.1, 0.15) is 0 Å². The van der Waals surface area contributed by atoms with E-state index in [0.29, 0.717) is 15.9 Å². The van der Waals surface area contributed by atoms with Crippen molar-refractivity contribution < 1.29 is 32.3 Å². The summed E-state index contributed by atoms with van der Waals surface area (Å²) >= 11 is 8.28. The summed E-state index contributed by atoms with van der Waals surface area (Å²) in [5, 5.41) is 6.97. The average molecular weight is 618 g/mol. The maximum absolute atomic E-state index is 12.9. The van der Waals surface area contributed by atoms with Crippen LogP contribution in [0.1, 0.15) is 16.5 Å². The second-order valence-corrected chi connectivity index (χ2v) is 10.7. The lowest BCUT2D eigenvalue weighted by molar-refractivity contribution is -0.205. The SMILES string of the molecule is O=C1NC(=Nc2cc(NC(=O)C(OC(=O)C(F)(F)F)c3cccs3)ccc2Cl)SC1=Cc1ccc2nccnc2c1. The van der Waals surface area contributed by atoms with Gasteiger partial charge in [-0.25, -0.2) is 9.79 Å². The highest BCUT2D eigenvalue weighted by Gasteiger charge is 2.44. The number of amidine groups is 1. The van der Waals surface area contributed by atoms with Gasteiger partial charge in [0.2, 0.25) is 6.10 Å². The van der Waals surface area contributed by atoms with E-state index < -0.39 is 24.2 Å². The lowest BCUT2D eigenvalue weighted by Crippen LogP contribution is -2.32. The topological polar surface area (TPSA) is 123 Å². The maximum atomic E-state index is 12.9. The number of amides is 2. The monoisotopic (exact) mass is 617 g/mol. The lowest BCUT2D eigenvalue weighted by atomic mass is 10.2. The number of carbonyl (C=O) groups excluding carboxylic acids is 3. The Hall–Kier alpha value is -4.27. The molecule has 1 unspecified atom stereocenters. The number of halogens is 4. The number of nitrogens with one attached hydrogen (secondary N) is 2. The van der Waals surface area contributed by atoms with Crippen LogP contribution in [0.25, 0.3) is 17.1 Å². The first-order chi connectivity index (χ1) is 19.6. The number of anilines is 1. The smallest absolute Gasteiger partial charge is 0.440 e. The average Bonchev–Trinajstić information content (AvgIpc) is 3.58. The molecule has 0 spiro atoms. The van der Waals surface area contributed by atoms with Gasteiger partial charge in [-0.2, -0.15) is 13.2 Å². The minimum atomic E-state index is -5.28. The number of thioether (sulfide) groups is 1. The van der Waals surface area contributed by atoms with Gasteiger partial charge in [0, 0.05) is 18.1 Å². The van der Waals surface area contributed by atoms with E-state index in [1.807, 2.05) is 0 Å². The third kappa shape index (κ3) is 6.73. The second-order valence-electron chi connectivity index (χ2n) is 8.24. The van der Waals surface area contributed by atoms with E-state index >= 15 is 0 Å². The zero-order chi connectivity index (χ0) is 29.1. The van der Waals surface area contributed by atoms with E-state index in [-0.39, 0.29) is 32.3 Å². The van der Waals surface area contributed by atoms with E-state index in [0.717, 1.165) is 28.7 Å². The zero-order valence-corrected chi connectivity index (χ0v) is 22.7. The van der Waals surface area contributed by atoms with Crippen LogP contribution in [0.15, 0.2) is 76.2 Å². The van der Waals surface area contributed by atoms with Gasteiger partial charge in [0.25, 0.3) is 11.8 Å². The number of esters is 1. The molecule has 4 aromatic rings. The number of aliphatic imine (C=N–C) groups is 1. The number of ether oxygens (including phenoxy) is 1. The minimum Gasteiger partial charge on any atom is -0.440 e. The highest BCUT2D eigenvalue weighted by atomic mass is 35.5. The van der Waals surface area contributed by atoms with Gasteiger partial charge >= 0.3 is 12.1 Å². The number of benzene rings is 2. The number of fused-ring (bicyclic) bond motifs is 1. The zero-order valence-electron chi connectivity index (χ0n) is 20.3. The van der Waals surface area contributed by atoms with Crippen LogP contribution in [0.2, 0.25) is 5.02 Å². The quantitative estimate of drug-likeness (QED) is 0.200. The van der Waals surface area contributed by atoms with Gasteiger partial charge in [-0.3, -0.25) is 19.6 Å². The van der Waals surface area contributed by atoms with Crippen molar-refractivity contribution in [1.29, 1.82) is 0 Å². The molecule has 1 aliphatic rings. The fourth-order valence-corrected chi connectivity index (χ4v) is 5.30. The van der Waals surface area contributed by atoms with Crippen LogP contribution in [0.3, 0.4) is 0 Å². The molecule has 41 heavy (non-hydrogen) atoms. The standard InChI is InChI=1S/C26H15ClF3N5O4S2/c27-15-5-4-14(33-23(37)21(19-2-1-9-40-19)39-24(38)26(28,29)30)12-17(15)34-25-35-22(36)20(41-25)11-13-3-6-16-18(10-13)32-8-7-31-16/h1-12,21H,(H,33,37)(H,34,35,36). The third-order valence-corrected chi connectivity index (χ3v) is 7.52. The van der Waals surface area contributed by atoms with Crippen molar-refractivity contribution in [2.24, 2.45) is 4.99 Å². The summed E-state index contributed by atoms with van der Waals surface area (Å²) in [6.45, 7) is 0. The molecule has 2 N–H and O–H groups in total. The van der Waals surface area contributed by atoms with Gasteiger partial charge in [-0.1, -0.05) is 23.7 Å². The Bertz CT molecular complexity index is 1730. The molecular formula is C26H15ClF3N5O4S2. The predicted octanol–water partition coefficient (Wildman–Crippen LogP) is 6.02. The van der Waals surface area contributed by atoms with Crippen LogP contribution in [0.4, 0.5) is 24.5 Å². The molecule has 9 nitrogen and oxygen atoms in total. The van der Waals surface area contributed by atoms with E-state index in [4.69, 9.17) is 11.6 Å². The first-order valence-electron chi connectivity index (χ1n) is 11.5. The molecule has 1 aliphatic heterocycles. The molecule has 0 saturated carbocycles. The molecule has 1 fully saturated rings. The molecule has 3 heterocycles. The van der Waals surface area contributed by atoms with Crippen molar-refractivity contribution in [3.63, 3.8) is 0 Å². The normalized spacial score (nSPS) is 16.1. The second kappa shape index (κ2) is 11.7. The lowest BCUT2D eigenvalue weighted by Gasteiger charge is -2.17. The van der Waals surface area contributed by atoms with Gasteiger partial charge in [-0.15, -0.1) is 11.3 Å². The summed E-state index contributed by atoms with van der Waals surface area (Å²) in [6.07, 6.45) is -2.30. The number of nitrogens with zero attached hydrogens (tertiary/aromatic N) is 3. The number of rotatable bonds is 6. The summed E-state index contributed by atoms with van der Waals surface area (Å²) in [7, 11) is 0. The molecule has 2 aromatic heterocycles. The number of aromatic nitrogens is 2. The van der Waals surface area contributed by atoms with Crippen molar-refractivity contribution in [2.45, 2.75) is 12.3 Å². The van der Waals surface area contributed by atoms with Crippen molar-refractivity contribution in [2.75, 3.05) is 5.32 Å². The van der Waals surface area contributed by atoms with E-state index in [2.05, 4.69) is 30.3 Å². The summed E-state index contributed by atoms with van der Waals surface area (Å²) in [5.74, 6) is -3.90. The van der Waals surface area contributed by atoms with Crippen molar-refractivity contribution in [3.05, 3.63) is 86.7 Å². The molecule has 1 atom stereocenters. The first-order valence-corrected chi connectivity index (χ1v) is 13.6. The highest BCUT2D eigenvalue weighted by molar-refractivity contribution is 8.18. The summed E-state index contributed by atoms with van der Waals surface area (Å²) in [4.78, 5) is 50.2. The summed E-state index contributed by atoms with van der Waals surface area (Å²) < 4.78 is 42.9. The Morgan fingerprint density at radius 1 is 1.10 bits per heavy atom. The van der Waals surface area contributed by atoms with Crippen LogP contribution >= 0.6 is 34.7 Å². The first kappa shape index (κ1) is 28.3. The minimum absolute atomic E-state index is 0.0948. The third-order valence-electron chi connectivity index (χ3n) is 5.37. The van der Waals surface area contributed by atoms with Gasteiger partial charge in [-0.05, 0) is 65.2 Å². The molecule has 2 amide bonds. The van der Waals surface area contributed by atoms with Crippen LogP contribution in [0, 0.1) is 0 Å². The molecule has 208 valence electrons. The molecule has 5 rings (SSSR count). The van der Waals surface area contributed by atoms with Crippen LogP contribution in [-0.4, -0.2) is 39.1 Å². The number of carbonyl (C=O) groups is 3. The fraction of sp³-hybridized carbons (Fsp3) is 0.0769. The van der Waals surface area contributed by atoms with Crippen LogP contribution in [0.5, 0.6) is 0 Å². The summed E-state index contributed by atoms with van der Waals surface area (Å²) in [5.41, 5.74) is 2.38. The van der Waals surface area contributed by atoms with Gasteiger partial charge in [0.05, 0.1) is 31.5 Å². The van der Waals surface area contributed by atoms with E-state index in [9.17, 15) is 27.6 Å². The van der Waals surface area contributed by atoms with Crippen molar-refractivity contribution in [3.8, 4) is 0 Å². The van der Waals surface area contributed by atoms with Crippen LogP contribution in [-0.2, 0) is 19.1 Å². The number of hydrogen-bond donors (Lipinski definition) is 2. The molecular weight excluding hydrogens is 603 g/mol. The largest absolute Gasteiger partial charge is 0.490 e. The van der Waals surface area contributed by atoms with E-state index in [1.165, 1.54) is 35.7 Å². The van der Waals surface area contributed by atoms with Crippen LogP contribution < -0.4 is 10.6 Å². The Labute approximate surface area is 242 Å². The highest BCUT2D eigenvalue weighted by Crippen LogP contribution is 2.34. The molecule has 2 aromatic carbocycles. The predicted molar refractivity (Wildman–Crippen MR) is 150 cm³/mol.